The first-order chi connectivity index (χ1) is 10.6. The summed E-state index contributed by atoms with van der Waals surface area (Å²) < 4.78 is 4.06. The number of aromatic nitrogens is 3. The molecule has 0 aliphatic carbocycles. The van der Waals surface area contributed by atoms with Gasteiger partial charge in [0.1, 0.15) is 0 Å². The van der Waals surface area contributed by atoms with Gasteiger partial charge in [-0.05, 0) is 32.1 Å². The molecule has 7 heteroatoms. The van der Waals surface area contributed by atoms with E-state index >= 15 is 0 Å². The van der Waals surface area contributed by atoms with Gasteiger partial charge in [0.25, 0.3) is 0 Å². The van der Waals surface area contributed by atoms with E-state index in [4.69, 9.17) is 0 Å². The second-order valence-corrected chi connectivity index (χ2v) is 8.63. The van der Waals surface area contributed by atoms with Crippen LogP contribution < -0.4 is 0 Å². The van der Waals surface area contributed by atoms with Crippen LogP contribution >= 0.6 is 34.9 Å². The van der Waals surface area contributed by atoms with E-state index in [-0.39, 0.29) is 5.78 Å². The Morgan fingerprint density at radius 2 is 1.91 bits per heavy atom. The molecule has 2 heterocycles. The zero-order valence-corrected chi connectivity index (χ0v) is 15.8. The molecule has 0 saturated carbocycles. The third-order valence-corrected chi connectivity index (χ3v) is 6.38. The summed E-state index contributed by atoms with van der Waals surface area (Å²) in [4.78, 5) is 12.5. The Hall–Kier alpha value is -0.790. The van der Waals surface area contributed by atoms with Crippen molar-refractivity contribution in [3.63, 3.8) is 0 Å². The summed E-state index contributed by atoms with van der Waals surface area (Å²) in [5.74, 6) is 1.57. The van der Waals surface area contributed by atoms with E-state index in [0.29, 0.717) is 5.75 Å². The van der Waals surface area contributed by atoms with Crippen LogP contribution in [-0.2, 0) is 6.54 Å². The average molecular weight is 356 g/mol. The Balaban J connectivity index is 2.01. The van der Waals surface area contributed by atoms with E-state index in [0.717, 1.165) is 44.3 Å². The molecule has 0 radical (unpaired) electrons. The van der Waals surface area contributed by atoms with Crippen LogP contribution in [0.4, 0.5) is 0 Å². The van der Waals surface area contributed by atoms with Gasteiger partial charge in [-0.25, -0.2) is 0 Å². The Morgan fingerprint density at radius 1 is 1.23 bits per heavy atom. The van der Waals surface area contributed by atoms with Crippen LogP contribution in [0.25, 0.3) is 0 Å². The highest BCUT2D eigenvalue weighted by Crippen LogP contribution is 2.29. The molecule has 0 amide bonds. The van der Waals surface area contributed by atoms with Gasteiger partial charge >= 0.3 is 0 Å². The smallest absolute Gasteiger partial charge is 0.175 e. The normalized spacial score (nSPS) is 11.1. The predicted molar refractivity (Wildman–Crippen MR) is 95.6 cm³/mol. The van der Waals surface area contributed by atoms with Gasteiger partial charge in [0.15, 0.2) is 14.5 Å². The number of aryl methyl sites for hydroxylation is 1. The number of carbonyl (C=O) groups is 1. The minimum atomic E-state index is 0.167. The molecule has 2 aromatic heterocycles. The van der Waals surface area contributed by atoms with Crippen molar-refractivity contribution in [2.45, 2.75) is 49.3 Å². The van der Waals surface area contributed by atoms with Gasteiger partial charge < -0.3 is 4.57 Å². The number of hydrogen-bond donors (Lipinski definition) is 0. The van der Waals surface area contributed by atoms with E-state index < -0.39 is 0 Å². The second-order valence-electron chi connectivity index (χ2n) is 4.92. The first-order valence-electron chi connectivity index (χ1n) is 7.35. The van der Waals surface area contributed by atoms with Crippen molar-refractivity contribution >= 4 is 40.6 Å². The maximum Gasteiger partial charge on any atom is 0.175 e. The molecule has 4 nitrogen and oxygen atoms in total. The Morgan fingerprint density at radius 3 is 2.55 bits per heavy atom. The molecule has 22 heavy (non-hydrogen) atoms. The lowest BCUT2D eigenvalue weighted by Crippen LogP contribution is -2.06. The van der Waals surface area contributed by atoms with E-state index in [1.165, 1.54) is 11.8 Å². The van der Waals surface area contributed by atoms with Crippen molar-refractivity contribution in [3.8, 4) is 0 Å². The van der Waals surface area contributed by atoms with Crippen LogP contribution in [0.5, 0.6) is 0 Å². The Bertz CT molecular complexity index is 648. The summed E-state index contributed by atoms with van der Waals surface area (Å²) in [5, 5.41) is 8.24. The molecule has 0 spiro atoms. The number of carbonyl (C=O) groups excluding carboxylic acids is 1. The van der Waals surface area contributed by atoms with Crippen LogP contribution in [0.3, 0.4) is 0 Å². The first kappa shape index (κ1) is 17.6. The number of hydrogen-bond acceptors (Lipinski definition) is 6. The van der Waals surface area contributed by atoms with Crippen molar-refractivity contribution in [1.29, 1.82) is 0 Å². The van der Waals surface area contributed by atoms with Crippen molar-refractivity contribution in [3.05, 3.63) is 23.0 Å². The first-order valence-corrected chi connectivity index (χ1v) is 10.1. The van der Waals surface area contributed by atoms with Crippen LogP contribution in [0.2, 0.25) is 0 Å². The van der Waals surface area contributed by atoms with Crippen molar-refractivity contribution < 1.29 is 4.79 Å². The second kappa shape index (κ2) is 8.17. The maximum absolute atomic E-state index is 12.5. The lowest BCUT2D eigenvalue weighted by atomic mass is 10.2. The van der Waals surface area contributed by atoms with Crippen molar-refractivity contribution in [1.82, 2.24) is 14.8 Å². The number of ketones is 1. The molecule has 0 aliphatic rings. The fourth-order valence-corrected chi connectivity index (χ4v) is 5.09. The molecular formula is C15H21N3OS3. The number of nitrogens with zero attached hydrogens (tertiary/aromatic N) is 3. The zero-order valence-electron chi connectivity index (χ0n) is 13.4. The minimum Gasteiger partial charge on any atom is -0.348 e. The fourth-order valence-electron chi connectivity index (χ4n) is 2.29. The van der Waals surface area contributed by atoms with Gasteiger partial charge in [0.2, 0.25) is 0 Å². The SMILES string of the molecule is CCCn1c(C)cc(C(=O)CSc2nnc(SCC)s2)c1C. The lowest BCUT2D eigenvalue weighted by molar-refractivity contribution is 0.102. The van der Waals surface area contributed by atoms with Gasteiger partial charge in [-0.15, -0.1) is 10.2 Å². The summed E-state index contributed by atoms with van der Waals surface area (Å²) in [6, 6.07) is 2.01. The van der Waals surface area contributed by atoms with Gasteiger partial charge in [-0.1, -0.05) is 48.7 Å². The molecule has 120 valence electrons. The summed E-state index contributed by atoms with van der Waals surface area (Å²) >= 11 is 4.72. The van der Waals surface area contributed by atoms with Crippen LogP contribution in [0, 0.1) is 13.8 Å². The molecule has 0 aromatic carbocycles. The summed E-state index contributed by atoms with van der Waals surface area (Å²) in [7, 11) is 0. The molecule has 0 unspecified atom stereocenters. The van der Waals surface area contributed by atoms with Crippen LogP contribution in [0.1, 0.15) is 42.0 Å². The molecule has 0 N–H and O–H groups in total. The molecule has 0 saturated heterocycles. The highest BCUT2D eigenvalue weighted by molar-refractivity contribution is 8.03. The summed E-state index contributed by atoms with van der Waals surface area (Å²) in [5.41, 5.74) is 3.07. The number of Topliss-reactive ketones (excluding diaryl/α,β-unsaturated/α-hetero) is 1. The van der Waals surface area contributed by atoms with Crippen molar-refractivity contribution in [2.24, 2.45) is 0 Å². The quantitative estimate of drug-likeness (QED) is 0.517. The van der Waals surface area contributed by atoms with Gasteiger partial charge in [0, 0.05) is 23.5 Å². The topological polar surface area (TPSA) is 47.8 Å². The van der Waals surface area contributed by atoms with Crippen LogP contribution in [-0.4, -0.2) is 32.1 Å². The fraction of sp³-hybridized carbons (Fsp3) is 0.533. The maximum atomic E-state index is 12.5. The van der Waals surface area contributed by atoms with Crippen molar-refractivity contribution in [2.75, 3.05) is 11.5 Å². The molecule has 0 fully saturated rings. The lowest BCUT2D eigenvalue weighted by Gasteiger charge is -2.07. The molecule has 0 bridgehead atoms. The number of thioether (sulfide) groups is 2. The summed E-state index contributed by atoms with van der Waals surface area (Å²) in [6.07, 6.45) is 1.07. The Labute approximate surface area is 144 Å². The van der Waals surface area contributed by atoms with E-state index in [9.17, 15) is 4.79 Å². The highest BCUT2D eigenvalue weighted by Gasteiger charge is 2.16. The third kappa shape index (κ3) is 4.14. The molecule has 0 atom stereocenters. The highest BCUT2D eigenvalue weighted by atomic mass is 32.2. The molecule has 0 aliphatic heterocycles. The van der Waals surface area contributed by atoms with E-state index in [2.05, 4.69) is 35.5 Å². The molecule has 2 aromatic rings. The third-order valence-electron chi connectivity index (χ3n) is 3.30. The van der Waals surface area contributed by atoms with E-state index in [1.54, 1.807) is 23.1 Å². The monoisotopic (exact) mass is 355 g/mol. The molecule has 2 rings (SSSR count). The van der Waals surface area contributed by atoms with Crippen LogP contribution in [0.15, 0.2) is 14.7 Å². The number of rotatable bonds is 8. The van der Waals surface area contributed by atoms with Gasteiger partial charge in [-0.3, -0.25) is 4.79 Å². The van der Waals surface area contributed by atoms with Gasteiger partial charge in [-0.2, -0.15) is 0 Å². The predicted octanol–water partition coefficient (Wildman–Crippen LogP) is 4.45. The summed E-state index contributed by atoms with van der Waals surface area (Å²) in [6.45, 7) is 9.30. The zero-order chi connectivity index (χ0) is 16.1. The largest absolute Gasteiger partial charge is 0.348 e. The van der Waals surface area contributed by atoms with Gasteiger partial charge in [0.05, 0.1) is 5.75 Å². The molecular weight excluding hydrogens is 334 g/mol. The minimum absolute atomic E-state index is 0.167. The average Bonchev–Trinajstić information content (AvgIpc) is 3.05. The standard InChI is InChI=1S/C15H21N3OS3/c1-5-7-18-10(3)8-12(11(18)4)13(19)9-21-15-17-16-14(22-15)20-6-2/h8H,5-7,9H2,1-4H3. The van der Waals surface area contributed by atoms with E-state index in [1.807, 2.05) is 13.0 Å². The Kier molecular flexibility index (Phi) is 6.52.